The van der Waals surface area contributed by atoms with Crippen LogP contribution >= 0.6 is 11.6 Å². The molecular formula is C19H24ClNO. The lowest BCUT2D eigenvalue weighted by Gasteiger charge is -2.54. The van der Waals surface area contributed by atoms with Gasteiger partial charge in [0, 0.05) is 17.5 Å². The van der Waals surface area contributed by atoms with Gasteiger partial charge in [0.05, 0.1) is 0 Å². The molecule has 0 aromatic heterocycles. The smallest absolute Gasteiger partial charge is 0.220 e. The Morgan fingerprint density at radius 2 is 1.59 bits per heavy atom. The lowest BCUT2D eigenvalue weighted by atomic mass is 9.54. The molecule has 118 valence electrons. The number of carbonyl (C=O) groups excluding carboxylic acids is 1. The van der Waals surface area contributed by atoms with Crippen molar-refractivity contribution in [1.29, 1.82) is 0 Å². The summed E-state index contributed by atoms with van der Waals surface area (Å²) >= 11 is 5.89. The summed E-state index contributed by atoms with van der Waals surface area (Å²) in [6, 6.07) is 8.28. The maximum atomic E-state index is 12.3. The van der Waals surface area contributed by atoms with Gasteiger partial charge in [-0.1, -0.05) is 23.7 Å². The maximum Gasteiger partial charge on any atom is 0.220 e. The van der Waals surface area contributed by atoms with Crippen molar-refractivity contribution in [1.82, 2.24) is 5.32 Å². The zero-order chi connectivity index (χ0) is 15.1. The van der Waals surface area contributed by atoms with Crippen LogP contribution in [0.2, 0.25) is 5.02 Å². The molecule has 0 spiro atoms. The van der Waals surface area contributed by atoms with Crippen molar-refractivity contribution in [3.8, 4) is 0 Å². The molecule has 1 aromatic carbocycles. The topological polar surface area (TPSA) is 29.1 Å². The second kappa shape index (κ2) is 5.88. The van der Waals surface area contributed by atoms with Crippen molar-refractivity contribution in [2.24, 2.45) is 23.7 Å². The SMILES string of the molecule is O=C(CCc1ccc(Cl)cc1)NC1C2CC3CC(C2)CC1C3. The third-order valence-electron chi connectivity index (χ3n) is 6.11. The quantitative estimate of drug-likeness (QED) is 0.885. The number of halogens is 1. The van der Waals surface area contributed by atoms with Crippen LogP contribution in [-0.2, 0) is 11.2 Å². The van der Waals surface area contributed by atoms with Crippen LogP contribution in [0.25, 0.3) is 0 Å². The fourth-order valence-corrected chi connectivity index (χ4v) is 5.45. The van der Waals surface area contributed by atoms with Crippen molar-refractivity contribution in [2.45, 2.75) is 51.0 Å². The Morgan fingerprint density at radius 1 is 1.00 bits per heavy atom. The Balaban J connectivity index is 1.31. The molecule has 5 rings (SSSR count). The van der Waals surface area contributed by atoms with E-state index in [1.165, 1.54) is 37.7 Å². The van der Waals surface area contributed by atoms with E-state index in [-0.39, 0.29) is 5.91 Å². The minimum absolute atomic E-state index is 0.229. The van der Waals surface area contributed by atoms with E-state index in [0.717, 1.165) is 35.1 Å². The molecule has 1 aromatic rings. The summed E-state index contributed by atoms with van der Waals surface area (Å²) < 4.78 is 0. The molecule has 0 saturated heterocycles. The zero-order valence-electron chi connectivity index (χ0n) is 12.9. The van der Waals surface area contributed by atoms with E-state index in [4.69, 9.17) is 11.6 Å². The first-order chi connectivity index (χ1) is 10.7. The van der Waals surface area contributed by atoms with Gasteiger partial charge in [0.2, 0.25) is 5.91 Å². The van der Waals surface area contributed by atoms with E-state index in [9.17, 15) is 4.79 Å². The third kappa shape index (κ3) is 2.90. The highest BCUT2D eigenvalue weighted by Gasteiger charge is 2.48. The highest BCUT2D eigenvalue weighted by atomic mass is 35.5. The van der Waals surface area contributed by atoms with Gasteiger partial charge in [0.1, 0.15) is 0 Å². The highest BCUT2D eigenvalue weighted by molar-refractivity contribution is 6.30. The first-order valence-corrected chi connectivity index (χ1v) is 9.09. The van der Waals surface area contributed by atoms with Gasteiger partial charge in [-0.05, 0) is 79.9 Å². The van der Waals surface area contributed by atoms with Crippen LogP contribution in [0, 0.1) is 23.7 Å². The van der Waals surface area contributed by atoms with Gasteiger partial charge in [-0.15, -0.1) is 0 Å². The summed E-state index contributed by atoms with van der Waals surface area (Å²) in [6.45, 7) is 0. The van der Waals surface area contributed by atoms with E-state index >= 15 is 0 Å². The molecule has 0 atom stereocenters. The zero-order valence-corrected chi connectivity index (χ0v) is 13.7. The summed E-state index contributed by atoms with van der Waals surface area (Å²) in [6.07, 6.45) is 8.28. The molecule has 4 fully saturated rings. The van der Waals surface area contributed by atoms with Crippen LogP contribution < -0.4 is 5.32 Å². The number of aryl methyl sites for hydroxylation is 1. The summed E-state index contributed by atoms with van der Waals surface area (Å²) in [5.74, 6) is 3.67. The number of benzene rings is 1. The van der Waals surface area contributed by atoms with Gasteiger partial charge >= 0.3 is 0 Å². The first kappa shape index (κ1) is 14.6. The van der Waals surface area contributed by atoms with Crippen molar-refractivity contribution in [3.63, 3.8) is 0 Å². The Morgan fingerprint density at radius 3 is 2.18 bits per heavy atom. The van der Waals surface area contributed by atoms with Crippen LogP contribution in [0.3, 0.4) is 0 Å². The van der Waals surface area contributed by atoms with Crippen molar-refractivity contribution in [3.05, 3.63) is 34.9 Å². The number of amides is 1. The van der Waals surface area contributed by atoms with Crippen LogP contribution in [0.15, 0.2) is 24.3 Å². The Hall–Kier alpha value is -1.02. The van der Waals surface area contributed by atoms with Gasteiger partial charge in [0.25, 0.3) is 0 Å². The van der Waals surface area contributed by atoms with E-state index in [1.54, 1.807) is 0 Å². The number of hydrogen-bond acceptors (Lipinski definition) is 1. The molecule has 2 nitrogen and oxygen atoms in total. The molecular weight excluding hydrogens is 294 g/mol. The summed E-state index contributed by atoms with van der Waals surface area (Å²) in [4.78, 5) is 12.3. The maximum absolute atomic E-state index is 12.3. The normalized spacial score (nSPS) is 35.6. The van der Waals surface area contributed by atoms with Gasteiger partial charge in [-0.3, -0.25) is 4.79 Å². The first-order valence-electron chi connectivity index (χ1n) is 8.71. The molecule has 1 amide bonds. The molecule has 0 radical (unpaired) electrons. The molecule has 0 aliphatic heterocycles. The largest absolute Gasteiger partial charge is 0.353 e. The lowest BCUT2D eigenvalue weighted by Crippen LogP contribution is -2.55. The summed E-state index contributed by atoms with van der Waals surface area (Å²) in [5.41, 5.74) is 1.18. The molecule has 3 heteroatoms. The molecule has 4 aliphatic carbocycles. The minimum atomic E-state index is 0.229. The van der Waals surface area contributed by atoms with Gasteiger partial charge in [-0.25, -0.2) is 0 Å². The number of nitrogens with one attached hydrogen (secondary N) is 1. The minimum Gasteiger partial charge on any atom is -0.353 e. The molecule has 4 saturated carbocycles. The van der Waals surface area contributed by atoms with Crippen molar-refractivity contribution in [2.75, 3.05) is 0 Å². The molecule has 22 heavy (non-hydrogen) atoms. The van der Waals surface area contributed by atoms with E-state index < -0.39 is 0 Å². The monoisotopic (exact) mass is 317 g/mol. The second-order valence-electron chi connectivity index (χ2n) is 7.65. The lowest BCUT2D eigenvalue weighted by molar-refractivity contribution is -0.125. The molecule has 1 N–H and O–H groups in total. The van der Waals surface area contributed by atoms with Crippen LogP contribution in [0.5, 0.6) is 0 Å². The van der Waals surface area contributed by atoms with Crippen LogP contribution in [0.1, 0.15) is 44.1 Å². The van der Waals surface area contributed by atoms with Crippen LogP contribution in [0.4, 0.5) is 0 Å². The fourth-order valence-electron chi connectivity index (χ4n) is 5.33. The molecule has 4 bridgehead atoms. The number of hydrogen-bond donors (Lipinski definition) is 1. The summed E-state index contributed by atoms with van der Waals surface area (Å²) in [5, 5.41) is 4.13. The Bertz CT molecular complexity index is 525. The number of rotatable bonds is 4. The molecule has 0 unspecified atom stereocenters. The Labute approximate surface area is 137 Å². The Kier molecular flexibility index (Phi) is 3.89. The van der Waals surface area contributed by atoms with Crippen molar-refractivity contribution >= 4 is 17.5 Å². The number of carbonyl (C=O) groups is 1. The van der Waals surface area contributed by atoms with Gasteiger partial charge in [0.15, 0.2) is 0 Å². The standard InChI is InChI=1S/C19H24ClNO/c20-17-4-1-12(2-5-17)3-6-18(22)21-19-15-8-13-7-14(10-15)11-16(19)9-13/h1-2,4-5,13-16,19H,3,6-11H2,(H,21,22). The van der Waals surface area contributed by atoms with E-state index in [2.05, 4.69) is 5.32 Å². The van der Waals surface area contributed by atoms with E-state index in [0.29, 0.717) is 12.5 Å². The predicted octanol–water partition coefficient (Wildman–Crippen LogP) is 4.21. The van der Waals surface area contributed by atoms with Gasteiger partial charge < -0.3 is 5.32 Å². The average Bonchev–Trinajstić information content (AvgIpc) is 2.50. The highest BCUT2D eigenvalue weighted by Crippen LogP contribution is 2.53. The van der Waals surface area contributed by atoms with Gasteiger partial charge in [-0.2, -0.15) is 0 Å². The van der Waals surface area contributed by atoms with Crippen LogP contribution in [-0.4, -0.2) is 11.9 Å². The average molecular weight is 318 g/mol. The molecule has 0 heterocycles. The molecule has 4 aliphatic rings. The fraction of sp³-hybridized carbons (Fsp3) is 0.632. The summed E-state index contributed by atoms with van der Waals surface area (Å²) in [7, 11) is 0. The van der Waals surface area contributed by atoms with E-state index in [1.807, 2.05) is 24.3 Å². The second-order valence-corrected chi connectivity index (χ2v) is 8.09. The third-order valence-corrected chi connectivity index (χ3v) is 6.36. The predicted molar refractivity (Wildman–Crippen MR) is 88.7 cm³/mol. The van der Waals surface area contributed by atoms with Crippen molar-refractivity contribution < 1.29 is 4.79 Å².